The Morgan fingerprint density at radius 2 is 1.95 bits per heavy atom. The predicted molar refractivity (Wildman–Crippen MR) is 78.1 cm³/mol. The van der Waals surface area contributed by atoms with E-state index in [0.29, 0.717) is 5.75 Å². The number of likely N-dealkylation sites (tertiary alicyclic amines) is 1. The van der Waals surface area contributed by atoms with Crippen molar-refractivity contribution in [3.8, 4) is 5.75 Å². The lowest BCUT2D eigenvalue weighted by atomic mass is 10.1. The maximum atomic E-state index is 12.2. The molecule has 1 heterocycles. The number of carbonyl (C=O) groups excluding carboxylic acids is 2. The van der Waals surface area contributed by atoms with E-state index in [1.54, 1.807) is 30.0 Å². The van der Waals surface area contributed by atoms with E-state index in [1.165, 1.54) is 7.11 Å². The molecule has 0 saturated carbocycles. The average Bonchev–Trinajstić information content (AvgIpc) is 2.99. The van der Waals surface area contributed by atoms with Gasteiger partial charge in [0.1, 0.15) is 11.3 Å². The highest BCUT2D eigenvalue weighted by Gasteiger charge is 2.27. The van der Waals surface area contributed by atoms with Crippen molar-refractivity contribution in [2.24, 2.45) is 0 Å². The largest absolute Gasteiger partial charge is 0.496 e. The van der Waals surface area contributed by atoms with E-state index in [-0.39, 0.29) is 17.2 Å². The molecule has 21 heavy (non-hydrogen) atoms. The molecule has 1 unspecified atom stereocenters. The van der Waals surface area contributed by atoms with Gasteiger partial charge in [-0.3, -0.25) is 4.79 Å². The highest BCUT2D eigenvalue weighted by Crippen LogP contribution is 2.25. The third kappa shape index (κ3) is 3.26. The van der Waals surface area contributed by atoms with Crippen LogP contribution in [0.2, 0.25) is 0 Å². The summed E-state index contributed by atoms with van der Waals surface area (Å²) in [4.78, 5) is 26.1. The van der Waals surface area contributed by atoms with Crippen LogP contribution >= 0.6 is 0 Å². The van der Waals surface area contributed by atoms with Crippen molar-refractivity contribution in [2.45, 2.75) is 25.9 Å². The Morgan fingerprint density at radius 3 is 2.57 bits per heavy atom. The van der Waals surface area contributed by atoms with Crippen molar-refractivity contribution in [3.05, 3.63) is 23.8 Å². The smallest absolute Gasteiger partial charge is 0.344 e. The number of ether oxygens (including phenoxy) is 2. The normalized spacial score (nSPS) is 15.6. The second-order valence-corrected chi connectivity index (χ2v) is 5.00. The molecule has 1 aliphatic heterocycles. The van der Waals surface area contributed by atoms with E-state index < -0.39 is 12.1 Å². The minimum Gasteiger partial charge on any atom is -0.496 e. The van der Waals surface area contributed by atoms with Crippen molar-refractivity contribution in [1.29, 1.82) is 0 Å². The molecule has 1 aromatic carbocycles. The monoisotopic (exact) mass is 292 g/mol. The lowest BCUT2D eigenvalue weighted by Crippen LogP contribution is -2.38. The molecule has 6 heteroatoms. The quantitative estimate of drug-likeness (QED) is 0.671. The summed E-state index contributed by atoms with van der Waals surface area (Å²) in [5.74, 6) is -0.486. The van der Waals surface area contributed by atoms with E-state index in [0.717, 1.165) is 25.9 Å². The van der Waals surface area contributed by atoms with Crippen LogP contribution in [0.1, 0.15) is 30.1 Å². The minimum absolute atomic E-state index is 0.154. The Morgan fingerprint density at radius 1 is 1.29 bits per heavy atom. The maximum Gasteiger partial charge on any atom is 0.344 e. The molecule has 1 atom stereocenters. The zero-order valence-corrected chi connectivity index (χ0v) is 12.3. The Labute approximate surface area is 123 Å². The Hall–Kier alpha value is -2.24. The molecule has 6 nitrogen and oxygen atoms in total. The second kappa shape index (κ2) is 6.47. The first-order valence-electron chi connectivity index (χ1n) is 6.97. The molecule has 0 aliphatic carbocycles. The predicted octanol–water partition coefficient (Wildman–Crippen LogP) is 1.45. The molecular weight excluding hydrogens is 272 g/mol. The molecule has 2 N–H and O–H groups in total. The van der Waals surface area contributed by atoms with Gasteiger partial charge in [-0.05, 0) is 31.9 Å². The summed E-state index contributed by atoms with van der Waals surface area (Å²) in [6.45, 7) is 3.01. The Balaban J connectivity index is 2.09. The van der Waals surface area contributed by atoms with E-state index in [2.05, 4.69) is 0 Å². The molecule has 0 radical (unpaired) electrons. The van der Waals surface area contributed by atoms with E-state index in [4.69, 9.17) is 15.2 Å². The van der Waals surface area contributed by atoms with Crippen molar-refractivity contribution >= 4 is 17.6 Å². The van der Waals surface area contributed by atoms with Crippen LogP contribution in [0.15, 0.2) is 18.2 Å². The Kier molecular flexibility index (Phi) is 4.67. The molecule has 1 aromatic rings. The molecule has 0 aromatic heterocycles. The number of esters is 1. The molecule has 0 bridgehead atoms. The first-order chi connectivity index (χ1) is 10.0. The number of methoxy groups -OCH3 is 1. The fraction of sp³-hybridized carbons (Fsp3) is 0.467. The van der Waals surface area contributed by atoms with Gasteiger partial charge in [-0.15, -0.1) is 0 Å². The van der Waals surface area contributed by atoms with Crippen LogP contribution in [0.25, 0.3) is 0 Å². The van der Waals surface area contributed by atoms with E-state index in [9.17, 15) is 9.59 Å². The van der Waals surface area contributed by atoms with E-state index in [1.807, 2.05) is 0 Å². The van der Waals surface area contributed by atoms with Crippen LogP contribution in [0.5, 0.6) is 5.75 Å². The number of nitrogen functional groups attached to an aromatic ring is 1. The number of hydrogen-bond acceptors (Lipinski definition) is 5. The molecule has 1 fully saturated rings. The third-order valence-corrected chi connectivity index (χ3v) is 3.53. The van der Waals surface area contributed by atoms with Crippen LogP contribution in [-0.2, 0) is 9.53 Å². The number of amides is 1. The second-order valence-electron chi connectivity index (χ2n) is 5.00. The zero-order chi connectivity index (χ0) is 15.4. The topological polar surface area (TPSA) is 81.9 Å². The fourth-order valence-corrected chi connectivity index (χ4v) is 2.40. The van der Waals surface area contributed by atoms with Gasteiger partial charge >= 0.3 is 5.97 Å². The minimum atomic E-state index is -0.833. The lowest BCUT2D eigenvalue weighted by molar-refractivity contribution is -0.138. The third-order valence-electron chi connectivity index (χ3n) is 3.53. The lowest BCUT2D eigenvalue weighted by Gasteiger charge is -2.21. The van der Waals surface area contributed by atoms with Gasteiger partial charge in [0.05, 0.1) is 7.11 Å². The first kappa shape index (κ1) is 15.2. The summed E-state index contributed by atoms with van der Waals surface area (Å²) in [6, 6.07) is 4.90. The van der Waals surface area contributed by atoms with Crippen LogP contribution in [-0.4, -0.2) is 43.1 Å². The first-order valence-corrected chi connectivity index (χ1v) is 6.97. The van der Waals surface area contributed by atoms with Crippen LogP contribution < -0.4 is 10.5 Å². The summed E-state index contributed by atoms with van der Waals surface area (Å²) in [6.07, 6.45) is 1.15. The van der Waals surface area contributed by atoms with Crippen molar-refractivity contribution in [1.82, 2.24) is 4.90 Å². The number of nitrogens with zero attached hydrogens (tertiary/aromatic N) is 1. The SMILES string of the molecule is COc1cccc(N)c1C(=O)OC(C)C(=O)N1CCCC1. The van der Waals surface area contributed by atoms with Gasteiger partial charge in [-0.25, -0.2) is 4.79 Å². The maximum absolute atomic E-state index is 12.2. The number of carbonyl (C=O) groups is 2. The van der Waals surface area contributed by atoms with Gasteiger partial charge in [0.25, 0.3) is 5.91 Å². The van der Waals surface area contributed by atoms with Gasteiger partial charge in [0.2, 0.25) is 0 Å². The number of benzene rings is 1. The summed E-state index contributed by atoms with van der Waals surface area (Å²) < 4.78 is 10.4. The number of hydrogen-bond donors (Lipinski definition) is 1. The molecule has 0 spiro atoms. The number of rotatable bonds is 4. The van der Waals surface area contributed by atoms with Crippen LogP contribution in [0, 0.1) is 0 Å². The van der Waals surface area contributed by atoms with Gasteiger partial charge in [-0.2, -0.15) is 0 Å². The molecule has 2 rings (SSSR count). The van der Waals surface area contributed by atoms with Gasteiger partial charge < -0.3 is 20.1 Å². The molecule has 114 valence electrons. The number of nitrogens with two attached hydrogens (primary N) is 1. The highest BCUT2D eigenvalue weighted by molar-refractivity contribution is 5.99. The average molecular weight is 292 g/mol. The van der Waals surface area contributed by atoms with Gasteiger partial charge in [-0.1, -0.05) is 6.07 Å². The van der Waals surface area contributed by atoms with E-state index >= 15 is 0 Å². The fourth-order valence-electron chi connectivity index (χ4n) is 2.40. The van der Waals surface area contributed by atoms with Crippen molar-refractivity contribution in [3.63, 3.8) is 0 Å². The molecular formula is C15H20N2O4. The molecule has 1 aliphatic rings. The van der Waals surface area contributed by atoms with Crippen LogP contribution in [0.4, 0.5) is 5.69 Å². The van der Waals surface area contributed by atoms with Crippen LogP contribution in [0.3, 0.4) is 0 Å². The summed E-state index contributed by atoms with van der Waals surface area (Å²) in [5, 5.41) is 0. The highest BCUT2D eigenvalue weighted by atomic mass is 16.5. The Bertz CT molecular complexity index is 538. The standard InChI is InChI=1S/C15H20N2O4/c1-10(14(18)17-8-3-4-9-17)21-15(19)13-11(16)6-5-7-12(13)20-2/h5-7,10H,3-4,8-9,16H2,1-2H3. The summed E-state index contributed by atoms with van der Waals surface area (Å²) >= 11 is 0. The van der Waals surface area contributed by atoms with Crippen molar-refractivity contribution in [2.75, 3.05) is 25.9 Å². The summed E-state index contributed by atoms with van der Waals surface area (Å²) in [7, 11) is 1.45. The molecule has 1 saturated heterocycles. The molecule has 1 amide bonds. The van der Waals surface area contributed by atoms with Gasteiger partial charge in [0.15, 0.2) is 6.10 Å². The summed E-state index contributed by atoms with van der Waals surface area (Å²) in [5.41, 5.74) is 6.21. The van der Waals surface area contributed by atoms with Crippen molar-refractivity contribution < 1.29 is 19.1 Å². The number of anilines is 1. The van der Waals surface area contributed by atoms with Gasteiger partial charge in [0, 0.05) is 18.8 Å². The zero-order valence-electron chi connectivity index (χ0n) is 12.3.